The number of carbonyl (C=O) groups excluding carboxylic acids is 1. The van der Waals surface area contributed by atoms with Crippen LogP contribution in [-0.4, -0.2) is 44.7 Å². The predicted molar refractivity (Wildman–Crippen MR) is 135 cm³/mol. The number of nitrogens with zero attached hydrogens (tertiary/aromatic N) is 1. The van der Waals surface area contributed by atoms with Gasteiger partial charge in [0, 0.05) is 24.7 Å². The summed E-state index contributed by atoms with van der Waals surface area (Å²) in [4.78, 5) is 14.8. The molecule has 4 rings (SSSR count). The molecule has 0 radical (unpaired) electrons. The van der Waals surface area contributed by atoms with Crippen molar-refractivity contribution in [2.45, 2.75) is 25.7 Å². The van der Waals surface area contributed by atoms with Crippen LogP contribution in [0.2, 0.25) is 0 Å². The number of hydrogen-bond acceptors (Lipinski definition) is 4. The van der Waals surface area contributed by atoms with E-state index in [0.717, 1.165) is 67.1 Å². The molecule has 0 N–H and O–H groups in total. The van der Waals surface area contributed by atoms with Crippen molar-refractivity contribution >= 4 is 5.91 Å². The van der Waals surface area contributed by atoms with Gasteiger partial charge in [-0.2, -0.15) is 0 Å². The van der Waals surface area contributed by atoms with Crippen molar-refractivity contribution in [3.63, 3.8) is 0 Å². The summed E-state index contributed by atoms with van der Waals surface area (Å²) >= 11 is 0. The Labute approximate surface area is 202 Å². The van der Waals surface area contributed by atoms with Gasteiger partial charge in [-0.1, -0.05) is 54.6 Å². The van der Waals surface area contributed by atoms with Crippen LogP contribution in [-0.2, 0) is 11.2 Å². The molecule has 1 heterocycles. The van der Waals surface area contributed by atoms with Crippen molar-refractivity contribution in [3.05, 3.63) is 78.4 Å². The standard InChI is InChI=1S/C29H33NO4/c1-32-25-15-14-24(28(20-25)33-2)13-12-22-16-18-30(19-17-22)29(31)21-34-27-11-7-6-10-26(27)23-8-4-3-5-9-23/h3-11,14-15,20,22H,12-13,16-19,21H2,1-2H3. The molecule has 1 aliphatic rings. The third kappa shape index (κ3) is 5.90. The van der Waals surface area contributed by atoms with Gasteiger partial charge in [0.05, 0.1) is 14.2 Å². The van der Waals surface area contributed by atoms with Gasteiger partial charge in [-0.25, -0.2) is 0 Å². The minimum Gasteiger partial charge on any atom is -0.497 e. The van der Waals surface area contributed by atoms with Crippen LogP contribution in [0.1, 0.15) is 24.8 Å². The highest BCUT2D eigenvalue weighted by molar-refractivity contribution is 5.78. The lowest BCUT2D eigenvalue weighted by Gasteiger charge is -2.32. The molecule has 5 heteroatoms. The van der Waals surface area contributed by atoms with Crippen molar-refractivity contribution in [2.24, 2.45) is 5.92 Å². The Morgan fingerprint density at radius 2 is 1.62 bits per heavy atom. The van der Waals surface area contributed by atoms with Crippen molar-refractivity contribution in [1.29, 1.82) is 0 Å². The van der Waals surface area contributed by atoms with E-state index in [0.29, 0.717) is 5.92 Å². The summed E-state index contributed by atoms with van der Waals surface area (Å²) in [5.41, 5.74) is 3.29. The smallest absolute Gasteiger partial charge is 0.260 e. The number of aryl methyl sites for hydroxylation is 1. The van der Waals surface area contributed by atoms with Gasteiger partial charge < -0.3 is 19.1 Å². The van der Waals surface area contributed by atoms with Crippen molar-refractivity contribution < 1.29 is 19.0 Å². The van der Waals surface area contributed by atoms with Crippen LogP contribution in [0.15, 0.2) is 72.8 Å². The van der Waals surface area contributed by atoms with Crippen LogP contribution in [0.3, 0.4) is 0 Å². The van der Waals surface area contributed by atoms with Gasteiger partial charge in [-0.15, -0.1) is 0 Å². The van der Waals surface area contributed by atoms with Crippen LogP contribution in [0, 0.1) is 5.92 Å². The number of methoxy groups -OCH3 is 2. The Balaban J connectivity index is 1.26. The Kier molecular flexibility index (Phi) is 8.08. The highest BCUT2D eigenvalue weighted by Gasteiger charge is 2.23. The SMILES string of the molecule is COc1ccc(CCC2CCN(C(=O)COc3ccccc3-c3ccccc3)CC2)c(OC)c1. The molecule has 0 saturated carbocycles. The molecule has 0 spiro atoms. The molecule has 3 aromatic carbocycles. The zero-order chi connectivity index (χ0) is 23.8. The third-order valence-electron chi connectivity index (χ3n) is 6.61. The lowest BCUT2D eigenvalue weighted by atomic mass is 9.90. The van der Waals surface area contributed by atoms with Gasteiger partial charge in [-0.05, 0) is 54.9 Å². The van der Waals surface area contributed by atoms with E-state index in [1.165, 1.54) is 5.56 Å². The maximum absolute atomic E-state index is 12.8. The largest absolute Gasteiger partial charge is 0.497 e. The summed E-state index contributed by atoms with van der Waals surface area (Å²) < 4.78 is 16.8. The highest BCUT2D eigenvalue weighted by atomic mass is 16.5. The number of piperidine rings is 1. The molecule has 5 nitrogen and oxygen atoms in total. The first-order valence-electron chi connectivity index (χ1n) is 11.9. The molecule has 1 amide bonds. The summed E-state index contributed by atoms with van der Waals surface area (Å²) in [6.45, 7) is 1.64. The van der Waals surface area contributed by atoms with Crippen LogP contribution in [0.4, 0.5) is 0 Å². The summed E-state index contributed by atoms with van der Waals surface area (Å²) in [7, 11) is 3.36. The molecule has 3 aromatic rings. The Morgan fingerprint density at radius 1 is 0.882 bits per heavy atom. The summed E-state index contributed by atoms with van der Waals surface area (Å²) in [5, 5.41) is 0. The van der Waals surface area contributed by atoms with Gasteiger partial charge >= 0.3 is 0 Å². The van der Waals surface area contributed by atoms with E-state index in [4.69, 9.17) is 14.2 Å². The van der Waals surface area contributed by atoms with Crippen LogP contribution >= 0.6 is 0 Å². The zero-order valence-electron chi connectivity index (χ0n) is 20.0. The molecular weight excluding hydrogens is 426 g/mol. The fourth-order valence-corrected chi connectivity index (χ4v) is 4.57. The fourth-order valence-electron chi connectivity index (χ4n) is 4.57. The lowest BCUT2D eigenvalue weighted by Crippen LogP contribution is -2.41. The van der Waals surface area contributed by atoms with E-state index in [1.54, 1.807) is 14.2 Å². The van der Waals surface area contributed by atoms with Crippen molar-refractivity contribution in [3.8, 4) is 28.4 Å². The molecule has 1 aliphatic heterocycles. The zero-order valence-corrected chi connectivity index (χ0v) is 20.0. The van der Waals surface area contributed by atoms with Gasteiger partial charge in [-0.3, -0.25) is 4.79 Å². The first kappa shape index (κ1) is 23.7. The quantitative estimate of drug-likeness (QED) is 0.417. The van der Waals surface area contributed by atoms with Crippen molar-refractivity contribution in [2.75, 3.05) is 33.9 Å². The van der Waals surface area contributed by atoms with E-state index in [9.17, 15) is 4.79 Å². The highest BCUT2D eigenvalue weighted by Crippen LogP contribution is 2.31. The Morgan fingerprint density at radius 3 is 2.35 bits per heavy atom. The van der Waals surface area contributed by atoms with E-state index in [2.05, 4.69) is 18.2 Å². The molecule has 1 fully saturated rings. The number of ether oxygens (including phenoxy) is 3. The Hall–Kier alpha value is -3.47. The number of amides is 1. The minimum atomic E-state index is 0.0538. The van der Waals surface area contributed by atoms with Crippen LogP contribution in [0.25, 0.3) is 11.1 Å². The molecule has 0 aliphatic carbocycles. The van der Waals surface area contributed by atoms with E-state index in [1.807, 2.05) is 59.5 Å². The summed E-state index contributed by atoms with van der Waals surface area (Å²) in [5.74, 6) is 3.08. The Bertz CT molecular complexity index is 1070. The second kappa shape index (κ2) is 11.6. The second-order valence-electron chi connectivity index (χ2n) is 8.69. The van der Waals surface area contributed by atoms with Gasteiger partial charge in [0.2, 0.25) is 0 Å². The monoisotopic (exact) mass is 459 g/mol. The fraction of sp³-hybridized carbons (Fsp3) is 0.345. The topological polar surface area (TPSA) is 48.0 Å². The average Bonchev–Trinajstić information content (AvgIpc) is 2.91. The maximum Gasteiger partial charge on any atom is 0.260 e. The lowest BCUT2D eigenvalue weighted by molar-refractivity contribution is -0.134. The first-order valence-corrected chi connectivity index (χ1v) is 11.9. The third-order valence-corrected chi connectivity index (χ3v) is 6.61. The summed E-state index contributed by atoms with van der Waals surface area (Å²) in [6, 6.07) is 24.0. The number of carbonyl (C=O) groups is 1. The average molecular weight is 460 g/mol. The van der Waals surface area contributed by atoms with Crippen LogP contribution in [0.5, 0.6) is 17.2 Å². The second-order valence-corrected chi connectivity index (χ2v) is 8.69. The number of rotatable bonds is 9. The molecular formula is C29H33NO4. The first-order chi connectivity index (χ1) is 16.7. The van der Waals surface area contributed by atoms with E-state index < -0.39 is 0 Å². The molecule has 0 atom stereocenters. The molecule has 0 aromatic heterocycles. The summed E-state index contributed by atoms with van der Waals surface area (Å²) in [6.07, 6.45) is 4.09. The number of likely N-dealkylation sites (tertiary alicyclic amines) is 1. The van der Waals surface area contributed by atoms with E-state index in [-0.39, 0.29) is 12.5 Å². The van der Waals surface area contributed by atoms with Crippen LogP contribution < -0.4 is 14.2 Å². The molecule has 178 valence electrons. The molecule has 0 unspecified atom stereocenters. The molecule has 0 bridgehead atoms. The predicted octanol–water partition coefficient (Wildman–Crippen LogP) is 5.62. The van der Waals surface area contributed by atoms with E-state index >= 15 is 0 Å². The molecule has 1 saturated heterocycles. The number of benzene rings is 3. The normalized spacial score (nSPS) is 14.0. The number of para-hydroxylation sites is 1. The maximum atomic E-state index is 12.8. The molecule has 34 heavy (non-hydrogen) atoms. The minimum absolute atomic E-state index is 0.0538. The van der Waals surface area contributed by atoms with Crippen molar-refractivity contribution in [1.82, 2.24) is 4.90 Å². The van der Waals surface area contributed by atoms with Gasteiger partial charge in [0.1, 0.15) is 17.2 Å². The van der Waals surface area contributed by atoms with Gasteiger partial charge in [0.25, 0.3) is 5.91 Å². The number of hydrogen-bond donors (Lipinski definition) is 0. The van der Waals surface area contributed by atoms with Gasteiger partial charge in [0.15, 0.2) is 6.61 Å².